The molecular formula is C14H18N2O. The molecule has 1 aromatic rings. The maximum atomic E-state index is 9.11. The molecule has 0 fully saturated rings. The lowest BCUT2D eigenvalue weighted by atomic mass is 9.82. The Labute approximate surface area is 102 Å². The van der Waals surface area contributed by atoms with E-state index < -0.39 is 5.41 Å². The van der Waals surface area contributed by atoms with Crippen LogP contribution in [0.5, 0.6) is 5.75 Å². The molecule has 2 rings (SSSR count). The van der Waals surface area contributed by atoms with Crippen LogP contribution in [0.4, 0.5) is 0 Å². The molecule has 3 nitrogen and oxygen atoms in total. The summed E-state index contributed by atoms with van der Waals surface area (Å²) in [7, 11) is 0. The molecule has 0 saturated heterocycles. The van der Waals surface area contributed by atoms with Gasteiger partial charge in [0.15, 0.2) is 0 Å². The van der Waals surface area contributed by atoms with E-state index in [-0.39, 0.29) is 6.04 Å². The molecule has 0 bridgehead atoms. The Kier molecular flexibility index (Phi) is 3.08. The van der Waals surface area contributed by atoms with Gasteiger partial charge in [-0.05, 0) is 43.9 Å². The van der Waals surface area contributed by atoms with E-state index in [4.69, 9.17) is 15.7 Å². The van der Waals surface area contributed by atoms with Crippen molar-refractivity contribution in [3.63, 3.8) is 0 Å². The van der Waals surface area contributed by atoms with Crippen LogP contribution in [0.1, 0.15) is 37.4 Å². The Hall–Kier alpha value is -1.53. The molecule has 0 radical (unpaired) electrons. The van der Waals surface area contributed by atoms with E-state index in [1.165, 1.54) is 5.56 Å². The summed E-state index contributed by atoms with van der Waals surface area (Å²) in [5, 5.41) is 9.11. The second-order valence-electron chi connectivity index (χ2n) is 5.13. The minimum absolute atomic E-state index is 0.264. The van der Waals surface area contributed by atoms with E-state index in [2.05, 4.69) is 12.1 Å². The number of ether oxygens (including phenoxy) is 1. The van der Waals surface area contributed by atoms with Crippen LogP contribution in [0.25, 0.3) is 0 Å². The summed E-state index contributed by atoms with van der Waals surface area (Å²) in [5.74, 6) is 0.960. The largest absolute Gasteiger partial charge is 0.493 e. The quantitative estimate of drug-likeness (QED) is 0.849. The molecule has 90 valence electrons. The highest BCUT2D eigenvalue weighted by molar-refractivity contribution is 5.40. The van der Waals surface area contributed by atoms with Gasteiger partial charge in [0.1, 0.15) is 5.75 Å². The van der Waals surface area contributed by atoms with Crippen molar-refractivity contribution in [3.05, 3.63) is 29.3 Å². The van der Waals surface area contributed by atoms with Gasteiger partial charge in [0.2, 0.25) is 0 Å². The number of fused-ring (bicyclic) bond motifs is 1. The van der Waals surface area contributed by atoms with E-state index in [9.17, 15) is 0 Å². The van der Waals surface area contributed by atoms with E-state index >= 15 is 0 Å². The Bertz CT molecular complexity index is 460. The number of nitrogens with two attached hydrogens (primary N) is 1. The molecule has 1 aromatic carbocycles. The monoisotopic (exact) mass is 230 g/mol. The number of aryl methyl sites for hydroxylation is 1. The molecule has 0 saturated carbocycles. The van der Waals surface area contributed by atoms with E-state index in [1.54, 1.807) is 0 Å². The lowest BCUT2D eigenvalue weighted by Crippen LogP contribution is -2.28. The predicted molar refractivity (Wildman–Crippen MR) is 66.6 cm³/mol. The van der Waals surface area contributed by atoms with Crippen molar-refractivity contribution in [3.8, 4) is 11.8 Å². The van der Waals surface area contributed by atoms with Crippen LogP contribution in [-0.4, -0.2) is 6.61 Å². The third-order valence-corrected chi connectivity index (χ3v) is 3.36. The van der Waals surface area contributed by atoms with Crippen molar-refractivity contribution in [1.82, 2.24) is 0 Å². The highest BCUT2D eigenvalue weighted by Crippen LogP contribution is 2.34. The van der Waals surface area contributed by atoms with Crippen molar-refractivity contribution in [1.29, 1.82) is 5.26 Å². The molecule has 0 aliphatic carbocycles. The van der Waals surface area contributed by atoms with Crippen LogP contribution in [0.15, 0.2) is 18.2 Å². The Morgan fingerprint density at radius 1 is 1.47 bits per heavy atom. The Morgan fingerprint density at radius 3 is 2.94 bits per heavy atom. The molecular weight excluding hydrogens is 212 g/mol. The van der Waals surface area contributed by atoms with E-state index in [0.29, 0.717) is 0 Å². The van der Waals surface area contributed by atoms with Gasteiger partial charge in [0, 0.05) is 6.04 Å². The van der Waals surface area contributed by atoms with Crippen molar-refractivity contribution >= 4 is 0 Å². The number of hydrogen-bond acceptors (Lipinski definition) is 3. The third-order valence-electron chi connectivity index (χ3n) is 3.36. The topological polar surface area (TPSA) is 59.0 Å². The molecule has 0 spiro atoms. The molecule has 1 atom stereocenters. The van der Waals surface area contributed by atoms with Crippen molar-refractivity contribution in [2.24, 2.45) is 11.1 Å². The summed E-state index contributed by atoms with van der Waals surface area (Å²) < 4.78 is 5.56. The second-order valence-corrected chi connectivity index (χ2v) is 5.13. The third kappa shape index (κ3) is 2.27. The van der Waals surface area contributed by atoms with Crippen LogP contribution < -0.4 is 10.5 Å². The average molecular weight is 230 g/mol. The van der Waals surface area contributed by atoms with Crippen molar-refractivity contribution in [2.75, 3.05) is 6.61 Å². The summed E-state index contributed by atoms with van der Waals surface area (Å²) >= 11 is 0. The summed E-state index contributed by atoms with van der Waals surface area (Å²) in [5.41, 5.74) is 7.82. The molecule has 2 N–H and O–H groups in total. The van der Waals surface area contributed by atoms with E-state index in [1.807, 2.05) is 26.0 Å². The smallest absolute Gasteiger partial charge is 0.122 e. The Morgan fingerprint density at radius 2 is 2.24 bits per heavy atom. The zero-order valence-electron chi connectivity index (χ0n) is 10.4. The van der Waals surface area contributed by atoms with Gasteiger partial charge >= 0.3 is 0 Å². The molecule has 0 amide bonds. The molecule has 1 unspecified atom stereocenters. The lowest BCUT2D eigenvalue weighted by molar-refractivity contribution is 0.287. The molecule has 3 heteroatoms. The minimum atomic E-state index is -0.552. The SMILES string of the molecule is CC(C)(C#N)C(N)c1ccc2c(c1)CCCO2. The minimum Gasteiger partial charge on any atom is -0.493 e. The van der Waals surface area contributed by atoms with Gasteiger partial charge in [-0.3, -0.25) is 0 Å². The van der Waals surface area contributed by atoms with Crippen LogP contribution >= 0.6 is 0 Å². The molecule has 1 aliphatic rings. The summed E-state index contributed by atoms with van der Waals surface area (Å²) in [6, 6.07) is 8.02. The van der Waals surface area contributed by atoms with Crippen LogP contribution in [-0.2, 0) is 6.42 Å². The Balaban J connectivity index is 2.32. The highest BCUT2D eigenvalue weighted by atomic mass is 16.5. The molecule has 1 heterocycles. The first-order chi connectivity index (χ1) is 8.04. The van der Waals surface area contributed by atoms with Gasteiger partial charge < -0.3 is 10.5 Å². The fraction of sp³-hybridized carbons (Fsp3) is 0.500. The molecule has 17 heavy (non-hydrogen) atoms. The first-order valence-electron chi connectivity index (χ1n) is 5.97. The molecule has 1 aliphatic heterocycles. The van der Waals surface area contributed by atoms with Gasteiger partial charge in [-0.25, -0.2) is 0 Å². The van der Waals surface area contributed by atoms with Crippen molar-refractivity contribution in [2.45, 2.75) is 32.7 Å². The van der Waals surface area contributed by atoms with Crippen LogP contribution in [0.2, 0.25) is 0 Å². The fourth-order valence-electron chi connectivity index (χ4n) is 2.06. The maximum absolute atomic E-state index is 9.11. The zero-order chi connectivity index (χ0) is 12.5. The van der Waals surface area contributed by atoms with Crippen molar-refractivity contribution < 1.29 is 4.74 Å². The van der Waals surface area contributed by atoms with Gasteiger partial charge in [-0.2, -0.15) is 5.26 Å². The average Bonchev–Trinajstić information content (AvgIpc) is 2.37. The normalized spacial score (nSPS) is 16.6. The first kappa shape index (κ1) is 11.9. The second kappa shape index (κ2) is 4.38. The summed E-state index contributed by atoms with van der Waals surface area (Å²) in [6.07, 6.45) is 2.08. The van der Waals surface area contributed by atoms with Gasteiger partial charge in [-0.1, -0.05) is 12.1 Å². The zero-order valence-corrected chi connectivity index (χ0v) is 10.4. The molecule has 0 aromatic heterocycles. The van der Waals surface area contributed by atoms with Crippen LogP contribution in [0.3, 0.4) is 0 Å². The number of rotatable bonds is 2. The van der Waals surface area contributed by atoms with Gasteiger partial charge in [0.05, 0.1) is 18.1 Å². The lowest BCUT2D eigenvalue weighted by Gasteiger charge is -2.26. The standard InChI is InChI=1S/C14H18N2O/c1-14(2,9-15)13(16)11-5-6-12-10(8-11)4-3-7-17-12/h5-6,8,13H,3-4,7,16H2,1-2H3. The number of nitrogens with zero attached hydrogens (tertiary/aromatic N) is 1. The maximum Gasteiger partial charge on any atom is 0.122 e. The highest BCUT2D eigenvalue weighted by Gasteiger charge is 2.28. The summed E-state index contributed by atoms with van der Waals surface area (Å²) in [4.78, 5) is 0. The first-order valence-corrected chi connectivity index (χ1v) is 5.97. The van der Waals surface area contributed by atoms with E-state index in [0.717, 1.165) is 30.8 Å². The fourth-order valence-corrected chi connectivity index (χ4v) is 2.06. The predicted octanol–water partition coefficient (Wildman–Crippen LogP) is 2.56. The van der Waals surface area contributed by atoms with Gasteiger partial charge in [0.25, 0.3) is 0 Å². The number of benzene rings is 1. The number of hydrogen-bond donors (Lipinski definition) is 1. The van der Waals surface area contributed by atoms with Gasteiger partial charge in [-0.15, -0.1) is 0 Å². The van der Waals surface area contributed by atoms with Crippen LogP contribution in [0, 0.1) is 16.7 Å². The summed E-state index contributed by atoms with van der Waals surface area (Å²) in [6.45, 7) is 4.53. The number of nitriles is 1.